The number of methoxy groups -OCH3 is 1. The van der Waals surface area contributed by atoms with Crippen molar-refractivity contribution in [3.63, 3.8) is 0 Å². The van der Waals surface area contributed by atoms with Crippen molar-refractivity contribution in [2.24, 2.45) is 0 Å². The third kappa shape index (κ3) is 7.06. The maximum atomic E-state index is 13.1. The Balaban J connectivity index is 1.62. The number of nitrogens with zero attached hydrogens (tertiary/aromatic N) is 1. The molecule has 2 aromatic rings. The van der Waals surface area contributed by atoms with Gasteiger partial charge in [0.1, 0.15) is 18.7 Å². The fourth-order valence-electron chi connectivity index (χ4n) is 4.08. The average Bonchev–Trinajstić information content (AvgIpc) is 3.39. The molecule has 35 heavy (non-hydrogen) atoms. The summed E-state index contributed by atoms with van der Waals surface area (Å²) >= 11 is 0. The molecule has 1 heterocycles. The fourth-order valence-corrected chi connectivity index (χ4v) is 4.08. The average molecular weight is 482 g/mol. The third-order valence-electron chi connectivity index (χ3n) is 5.92. The molecule has 1 fully saturated rings. The summed E-state index contributed by atoms with van der Waals surface area (Å²) < 4.78 is 20.8. The quantitative estimate of drug-likeness (QED) is 0.406. The van der Waals surface area contributed by atoms with Gasteiger partial charge < -0.3 is 24.1 Å². The summed E-state index contributed by atoms with van der Waals surface area (Å²) in [6.45, 7) is 0.536. The smallest absolute Gasteiger partial charge is 0.467 e. The third-order valence-corrected chi connectivity index (χ3v) is 5.92. The highest BCUT2D eigenvalue weighted by atomic mass is 16.6. The lowest BCUT2D eigenvalue weighted by atomic mass is 9.78. The molecule has 0 aliphatic carbocycles. The Bertz CT molecular complexity index is 983. The topological polar surface area (TPSA) is 103 Å². The van der Waals surface area contributed by atoms with E-state index in [1.54, 1.807) is 14.2 Å². The molecule has 2 amide bonds. The highest BCUT2D eigenvalue weighted by molar-refractivity contribution is 6.61. The maximum absolute atomic E-state index is 13.1. The van der Waals surface area contributed by atoms with E-state index in [1.165, 1.54) is 12.0 Å². The molecule has 1 aliphatic rings. The Labute approximate surface area is 205 Å². The van der Waals surface area contributed by atoms with Crippen LogP contribution in [0, 0.1) is 0 Å². The van der Waals surface area contributed by atoms with Crippen LogP contribution < -0.4 is 10.8 Å². The van der Waals surface area contributed by atoms with E-state index in [0.717, 1.165) is 16.6 Å². The molecule has 3 rings (SSSR count). The Kier molecular flexibility index (Phi) is 9.69. The van der Waals surface area contributed by atoms with Gasteiger partial charge in [-0.05, 0) is 29.4 Å². The van der Waals surface area contributed by atoms with Crippen molar-refractivity contribution < 1.29 is 33.2 Å². The van der Waals surface area contributed by atoms with Crippen LogP contribution >= 0.6 is 0 Å². The van der Waals surface area contributed by atoms with E-state index >= 15 is 0 Å². The lowest BCUT2D eigenvalue weighted by Crippen LogP contribution is -2.51. The molecule has 1 N–H and O–H groups in total. The Morgan fingerprint density at radius 3 is 2.31 bits per heavy atom. The highest BCUT2D eigenvalue weighted by Gasteiger charge is 2.37. The van der Waals surface area contributed by atoms with Crippen LogP contribution in [-0.2, 0) is 41.4 Å². The number of rotatable bonds is 10. The van der Waals surface area contributed by atoms with Gasteiger partial charge in [-0.2, -0.15) is 0 Å². The van der Waals surface area contributed by atoms with Crippen molar-refractivity contribution in [2.75, 3.05) is 27.9 Å². The molecule has 186 valence electrons. The molecule has 0 unspecified atom stereocenters. The van der Waals surface area contributed by atoms with Gasteiger partial charge in [0.25, 0.3) is 0 Å². The number of likely N-dealkylation sites (tertiary alicyclic amines) is 1. The van der Waals surface area contributed by atoms with Crippen molar-refractivity contribution in [1.29, 1.82) is 0 Å². The van der Waals surface area contributed by atoms with Gasteiger partial charge in [0.2, 0.25) is 5.91 Å². The number of ether oxygens (including phenoxy) is 2. The Morgan fingerprint density at radius 2 is 1.69 bits per heavy atom. The number of benzene rings is 2. The number of carbonyl (C=O) groups excluding carboxylic acids is 3. The predicted octanol–water partition coefficient (Wildman–Crippen LogP) is 1.68. The summed E-state index contributed by atoms with van der Waals surface area (Å²) in [5.41, 5.74) is 2.51. The molecule has 2 aromatic carbocycles. The lowest BCUT2D eigenvalue weighted by molar-refractivity contribution is -0.145. The van der Waals surface area contributed by atoms with Gasteiger partial charge >= 0.3 is 19.2 Å². The largest absolute Gasteiger partial charge is 0.493 e. The molecule has 0 spiro atoms. The van der Waals surface area contributed by atoms with Crippen molar-refractivity contribution >= 4 is 30.6 Å². The highest BCUT2D eigenvalue weighted by Crippen LogP contribution is 2.20. The molecule has 1 aliphatic heterocycles. The minimum atomic E-state index is -0.901. The first-order valence-corrected chi connectivity index (χ1v) is 11.5. The van der Waals surface area contributed by atoms with E-state index in [4.69, 9.17) is 18.8 Å². The van der Waals surface area contributed by atoms with Crippen LogP contribution in [-0.4, -0.2) is 69.9 Å². The minimum Gasteiger partial charge on any atom is -0.467 e. The molecule has 0 bridgehead atoms. The monoisotopic (exact) mass is 482 g/mol. The molecule has 0 saturated carbocycles. The molecule has 2 atom stereocenters. The molecular weight excluding hydrogens is 451 g/mol. The summed E-state index contributed by atoms with van der Waals surface area (Å²) in [7, 11) is 3.88. The van der Waals surface area contributed by atoms with Crippen molar-refractivity contribution in [3.05, 3.63) is 65.7 Å². The number of hydrogen-bond acceptors (Lipinski definition) is 7. The maximum Gasteiger partial charge on any atom is 0.493 e. The standard InChI is InChI=1S/C25H31BN2O7/c1-32-24(30)21(16-18-11-13-20(14-12-18)26(33-2)34-3)27-23(29)22-10-7-15-28(22)25(31)35-17-19-8-5-4-6-9-19/h4-6,8-9,11-14,21-22H,7,10,15-17H2,1-3H3,(H,27,29)/t21-,22+/m0/s1. The summed E-state index contributed by atoms with van der Waals surface area (Å²) in [5.74, 6) is -0.977. The second kappa shape index (κ2) is 12.9. The molecule has 9 nitrogen and oxygen atoms in total. The van der Waals surface area contributed by atoms with Crippen molar-refractivity contribution in [2.45, 2.75) is 38.0 Å². The van der Waals surface area contributed by atoms with E-state index in [0.29, 0.717) is 19.4 Å². The number of carbonyl (C=O) groups is 3. The van der Waals surface area contributed by atoms with Crippen LogP contribution in [0.2, 0.25) is 0 Å². The van der Waals surface area contributed by atoms with Crippen molar-refractivity contribution in [1.82, 2.24) is 10.2 Å². The van der Waals surface area contributed by atoms with Gasteiger partial charge in [0.05, 0.1) is 7.11 Å². The summed E-state index contributed by atoms with van der Waals surface area (Å²) in [6, 6.07) is 15.1. The summed E-state index contributed by atoms with van der Waals surface area (Å²) in [6.07, 6.45) is 0.838. The zero-order valence-corrected chi connectivity index (χ0v) is 20.3. The molecule has 10 heteroatoms. The second-order valence-corrected chi connectivity index (χ2v) is 8.22. The van der Waals surface area contributed by atoms with Gasteiger partial charge in [-0.1, -0.05) is 54.6 Å². The second-order valence-electron chi connectivity index (χ2n) is 8.22. The van der Waals surface area contributed by atoms with Gasteiger partial charge in [0, 0.05) is 27.2 Å². The van der Waals surface area contributed by atoms with Gasteiger partial charge in [-0.3, -0.25) is 9.69 Å². The molecule has 1 saturated heterocycles. The number of hydrogen-bond donors (Lipinski definition) is 1. The van der Waals surface area contributed by atoms with Crippen LogP contribution in [0.15, 0.2) is 54.6 Å². The first-order valence-electron chi connectivity index (χ1n) is 11.5. The van der Waals surface area contributed by atoms with Gasteiger partial charge in [-0.15, -0.1) is 0 Å². The lowest BCUT2D eigenvalue weighted by Gasteiger charge is -2.25. The van der Waals surface area contributed by atoms with E-state index < -0.39 is 37.2 Å². The Morgan fingerprint density at radius 1 is 1.00 bits per heavy atom. The van der Waals surface area contributed by atoms with E-state index in [9.17, 15) is 14.4 Å². The molecule has 0 aromatic heterocycles. The number of amides is 2. The van der Waals surface area contributed by atoms with Crippen LogP contribution in [0.5, 0.6) is 0 Å². The van der Waals surface area contributed by atoms with Crippen molar-refractivity contribution in [3.8, 4) is 0 Å². The van der Waals surface area contributed by atoms with Crippen LogP contribution in [0.25, 0.3) is 0 Å². The van der Waals surface area contributed by atoms with Gasteiger partial charge in [-0.25, -0.2) is 9.59 Å². The van der Waals surface area contributed by atoms with Crippen LogP contribution in [0.3, 0.4) is 0 Å². The minimum absolute atomic E-state index is 0.123. The molecule has 0 radical (unpaired) electrons. The molecular formula is C25H31BN2O7. The zero-order chi connectivity index (χ0) is 25.2. The number of nitrogens with one attached hydrogen (secondary N) is 1. The summed E-state index contributed by atoms with van der Waals surface area (Å²) in [5, 5.41) is 2.76. The Hall–Kier alpha value is -3.37. The first kappa shape index (κ1) is 26.2. The van der Waals surface area contributed by atoms with Gasteiger partial charge in [0.15, 0.2) is 0 Å². The first-order chi connectivity index (χ1) is 17.0. The van der Waals surface area contributed by atoms with E-state index in [1.807, 2.05) is 54.6 Å². The fraction of sp³-hybridized carbons (Fsp3) is 0.400. The number of esters is 1. The van der Waals surface area contributed by atoms with E-state index in [-0.39, 0.29) is 13.0 Å². The van der Waals surface area contributed by atoms with Crippen LogP contribution in [0.4, 0.5) is 4.79 Å². The zero-order valence-electron chi connectivity index (χ0n) is 20.3. The normalized spacial score (nSPS) is 15.9. The summed E-state index contributed by atoms with van der Waals surface area (Å²) in [4.78, 5) is 39.6. The van der Waals surface area contributed by atoms with E-state index in [2.05, 4.69) is 5.32 Å². The van der Waals surface area contributed by atoms with Crippen LogP contribution in [0.1, 0.15) is 24.0 Å². The SMILES string of the molecule is COB(OC)c1ccc(C[C@H](NC(=O)[C@H]2CCCN2C(=O)OCc2ccccc2)C(=O)OC)cc1. The predicted molar refractivity (Wildman–Crippen MR) is 130 cm³/mol.